The smallest absolute Gasteiger partial charge is 0.184 e. The number of hydrogen-bond acceptors (Lipinski definition) is 4. The summed E-state index contributed by atoms with van der Waals surface area (Å²) < 4.78 is 6.60. The number of rotatable bonds is 5. The van der Waals surface area contributed by atoms with Crippen LogP contribution in [-0.4, -0.2) is 24.2 Å². The molecule has 17 heavy (non-hydrogen) atoms. The summed E-state index contributed by atoms with van der Waals surface area (Å²) in [6.07, 6.45) is 0. The quantitative estimate of drug-likeness (QED) is 0.882. The maximum absolute atomic E-state index is 5.38. The SMILES string of the molecule is CCOCC(C)Nc1nc2cc(C)ccc2s1. The van der Waals surface area contributed by atoms with E-state index < -0.39 is 0 Å². The van der Waals surface area contributed by atoms with Gasteiger partial charge in [-0.2, -0.15) is 0 Å². The highest BCUT2D eigenvalue weighted by atomic mass is 32.1. The molecule has 0 amide bonds. The number of aromatic nitrogens is 1. The minimum Gasteiger partial charge on any atom is -0.380 e. The van der Waals surface area contributed by atoms with E-state index in [9.17, 15) is 0 Å². The molecule has 1 aromatic carbocycles. The molecule has 0 fully saturated rings. The maximum Gasteiger partial charge on any atom is 0.184 e. The molecule has 92 valence electrons. The van der Waals surface area contributed by atoms with E-state index in [2.05, 4.69) is 42.3 Å². The summed E-state index contributed by atoms with van der Waals surface area (Å²) in [5, 5.41) is 4.34. The van der Waals surface area contributed by atoms with E-state index in [4.69, 9.17) is 4.74 Å². The molecule has 2 aromatic rings. The molecular weight excluding hydrogens is 232 g/mol. The highest BCUT2D eigenvalue weighted by Crippen LogP contribution is 2.26. The van der Waals surface area contributed by atoms with Crippen molar-refractivity contribution in [2.45, 2.75) is 26.8 Å². The first-order chi connectivity index (χ1) is 8.19. The van der Waals surface area contributed by atoms with Gasteiger partial charge >= 0.3 is 0 Å². The highest BCUT2D eigenvalue weighted by molar-refractivity contribution is 7.22. The summed E-state index contributed by atoms with van der Waals surface area (Å²) in [6, 6.07) is 6.65. The Morgan fingerprint density at radius 3 is 3.06 bits per heavy atom. The predicted octanol–water partition coefficient (Wildman–Crippen LogP) is 3.44. The third-order valence-electron chi connectivity index (χ3n) is 2.48. The van der Waals surface area contributed by atoms with Gasteiger partial charge in [-0.1, -0.05) is 17.4 Å². The molecule has 3 nitrogen and oxygen atoms in total. The first-order valence-corrected chi connectivity index (χ1v) is 6.72. The van der Waals surface area contributed by atoms with E-state index in [0.717, 1.165) is 17.3 Å². The lowest BCUT2D eigenvalue weighted by Crippen LogP contribution is -2.21. The number of thiazole rings is 1. The van der Waals surface area contributed by atoms with Crippen LogP contribution in [-0.2, 0) is 4.74 Å². The summed E-state index contributed by atoms with van der Waals surface area (Å²) in [5.41, 5.74) is 2.32. The number of nitrogens with zero attached hydrogens (tertiary/aromatic N) is 1. The molecule has 0 aliphatic rings. The van der Waals surface area contributed by atoms with Crippen LogP contribution in [0.1, 0.15) is 19.4 Å². The molecule has 0 spiro atoms. The van der Waals surface area contributed by atoms with Crippen molar-refractivity contribution in [1.29, 1.82) is 0 Å². The lowest BCUT2D eigenvalue weighted by Gasteiger charge is -2.11. The Morgan fingerprint density at radius 2 is 2.29 bits per heavy atom. The number of benzene rings is 1. The minimum atomic E-state index is 0.289. The molecule has 0 saturated heterocycles. The van der Waals surface area contributed by atoms with Gasteiger partial charge in [-0.25, -0.2) is 4.98 Å². The van der Waals surface area contributed by atoms with Crippen molar-refractivity contribution in [3.8, 4) is 0 Å². The molecule has 0 aliphatic heterocycles. The molecule has 1 N–H and O–H groups in total. The largest absolute Gasteiger partial charge is 0.380 e. The number of aryl methyl sites for hydroxylation is 1. The van der Waals surface area contributed by atoms with Crippen LogP contribution in [0.25, 0.3) is 10.2 Å². The van der Waals surface area contributed by atoms with Gasteiger partial charge in [0.1, 0.15) is 0 Å². The number of nitrogens with one attached hydrogen (secondary N) is 1. The second-order valence-electron chi connectivity index (χ2n) is 4.20. The minimum absolute atomic E-state index is 0.289. The average Bonchev–Trinajstić information content (AvgIpc) is 2.67. The van der Waals surface area contributed by atoms with Crippen LogP contribution in [0.4, 0.5) is 5.13 Å². The van der Waals surface area contributed by atoms with Crippen LogP contribution in [0.15, 0.2) is 18.2 Å². The summed E-state index contributed by atoms with van der Waals surface area (Å²) in [6.45, 7) is 7.67. The molecule has 1 aromatic heterocycles. The number of anilines is 1. The van der Waals surface area contributed by atoms with E-state index >= 15 is 0 Å². The van der Waals surface area contributed by atoms with Gasteiger partial charge in [-0.05, 0) is 38.5 Å². The second kappa shape index (κ2) is 5.47. The van der Waals surface area contributed by atoms with Crippen LogP contribution in [0.5, 0.6) is 0 Å². The van der Waals surface area contributed by atoms with Gasteiger partial charge in [0.15, 0.2) is 5.13 Å². The molecule has 0 bridgehead atoms. The number of fused-ring (bicyclic) bond motifs is 1. The Kier molecular flexibility index (Phi) is 3.97. The lowest BCUT2D eigenvalue weighted by molar-refractivity contribution is 0.141. The fourth-order valence-electron chi connectivity index (χ4n) is 1.65. The first kappa shape index (κ1) is 12.3. The summed E-state index contributed by atoms with van der Waals surface area (Å²) in [5.74, 6) is 0. The van der Waals surface area contributed by atoms with Gasteiger partial charge in [0.05, 0.1) is 16.8 Å². The van der Waals surface area contributed by atoms with Crippen molar-refractivity contribution in [2.75, 3.05) is 18.5 Å². The summed E-state index contributed by atoms with van der Waals surface area (Å²) in [4.78, 5) is 4.57. The third-order valence-corrected chi connectivity index (χ3v) is 3.45. The van der Waals surface area contributed by atoms with Crippen LogP contribution < -0.4 is 5.32 Å². The molecule has 1 atom stereocenters. The zero-order valence-electron chi connectivity index (χ0n) is 10.5. The maximum atomic E-state index is 5.38. The Bertz CT molecular complexity index is 495. The zero-order chi connectivity index (χ0) is 12.3. The summed E-state index contributed by atoms with van der Waals surface area (Å²) >= 11 is 1.69. The topological polar surface area (TPSA) is 34.1 Å². The fraction of sp³-hybridized carbons (Fsp3) is 0.462. The van der Waals surface area contributed by atoms with Crippen molar-refractivity contribution in [3.63, 3.8) is 0 Å². The van der Waals surface area contributed by atoms with E-state index in [1.165, 1.54) is 10.3 Å². The molecule has 0 radical (unpaired) electrons. The van der Waals surface area contributed by atoms with Crippen molar-refractivity contribution >= 4 is 26.7 Å². The Labute approximate surface area is 106 Å². The Hall–Kier alpha value is -1.13. The molecule has 4 heteroatoms. The molecule has 0 saturated carbocycles. The van der Waals surface area contributed by atoms with Gasteiger partial charge in [-0.3, -0.25) is 0 Å². The van der Waals surface area contributed by atoms with Crippen molar-refractivity contribution in [1.82, 2.24) is 4.98 Å². The monoisotopic (exact) mass is 250 g/mol. The average molecular weight is 250 g/mol. The Balaban J connectivity index is 2.08. The first-order valence-electron chi connectivity index (χ1n) is 5.90. The molecule has 1 heterocycles. The number of ether oxygens (including phenoxy) is 1. The van der Waals surface area contributed by atoms with Crippen LogP contribution in [0.3, 0.4) is 0 Å². The highest BCUT2D eigenvalue weighted by Gasteiger charge is 2.07. The van der Waals surface area contributed by atoms with Crippen LogP contribution in [0.2, 0.25) is 0 Å². The molecule has 0 aliphatic carbocycles. The van der Waals surface area contributed by atoms with Gasteiger partial charge in [0, 0.05) is 12.6 Å². The Morgan fingerprint density at radius 1 is 1.47 bits per heavy atom. The van der Waals surface area contributed by atoms with E-state index in [1.54, 1.807) is 11.3 Å². The van der Waals surface area contributed by atoms with Gasteiger partial charge in [0.2, 0.25) is 0 Å². The molecule has 2 rings (SSSR count). The van der Waals surface area contributed by atoms with Gasteiger partial charge in [0.25, 0.3) is 0 Å². The molecule has 1 unspecified atom stereocenters. The van der Waals surface area contributed by atoms with Gasteiger partial charge < -0.3 is 10.1 Å². The summed E-state index contributed by atoms with van der Waals surface area (Å²) in [7, 11) is 0. The van der Waals surface area contributed by atoms with Gasteiger partial charge in [-0.15, -0.1) is 0 Å². The third kappa shape index (κ3) is 3.17. The van der Waals surface area contributed by atoms with Crippen molar-refractivity contribution in [2.24, 2.45) is 0 Å². The number of hydrogen-bond donors (Lipinski definition) is 1. The zero-order valence-corrected chi connectivity index (χ0v) is 11.3. The van der Waals surface area contributed by atoms with E-state index in [-0.39, 0.29) is 6.04 Å². The van der Waals surface area contributed by atoms with Crippen LogP contribution >= 0.6 is 11.3 Å². The standard InChI is InChI=1S/C13H18N2OS/c1-4-16-8-10(3)14-13-15-11-7-9(2)5-6-12(11)17-13/h5-7,10H,4,8H2,1-3H3,(H,14,15). The molecular formula is C13H18N2OS. The normalized spacial score (nSPS) is 12.9. The van der Waals surface area contributed by atoms with E-state index in [0.29, 0.717) is 6.61 Å². The van der Waals surface area contributed by atoms with Crippen molar-refractivity contribution < 1.29 is 4.74 Å². The van der Waals surface area contributed by atoms with E-state index in [1.807, 2.05) is 6.92 Å². The fourth-order valence-corrected chi connectivity index (χ4v) is 2.60. The van der Waals surface area contributed by atoms with Crippen LogP contribution in [0, 0.1) is 6.92 Å². The van der Waals surface area contributed by atoms with Crippen molar-refractivity contribution in [3.05, 3.63) is 23.8 Å². The lowest BCUT2D eigenvalue weighted by atomic mass is 10.2. The second-order valence-corrected chi connectivity index (χ2v) is 5.23. The predicted molar refractivity (Wildman–Crippen MR) is 73.9 cm³/mol.